The third-order valence-corrected chi connectivity index (χ3v) is 9.10. The van der Waals surface area contributed by atoms with Crippen LogP contribution in [0.25, 0.3) is 38.5 Å². The number of amides is 1. The number of aromatic hydroxyl groups is 1. The molecule has 0 saturated carbocycles. The van der Waals surface area contributed by atoms with Gasteiger partial charge in [-0.1, -0.05) is 11.6 Å². The fourth-order valence-electron chi connectivity index (χ4n) is 6.19. The van der Waals surface area contributed by atoms with Gasteiger partial charge in [0.1, 0.15) is 23.2 Å². The molecule has 1 amide bonds. The number of aromatic nitrogens is 6. The molecule has 1 atom stereocenters. The fourth-order valence-corrected chi connectivity index (χ4v) is 6.93. The Morgan fingerprint density at radius 3 is 2.59 bits per heavy atom. The highest BCUT2D eigenvalue weighted by Gasteiger charge is 2.28. The molecule has 3 aromatic carbocycles. The number of aryl methyl sites for hydroxylation is 1. The summed E-state index contributed by atoms with van der Waals surface area (Å²) in [7, 11) is -2.27. The van der Waals surface area contributed by atoms with E-state index in [1.165, 1.54) is 52.8 Å². The number of pyridine rings is 1. The summed E-state index contributed by atoms with van der Waals surface area (Å²) in [6.45, 7) is 0. The van der Waals surface area contributed by atoms with Crippen molar-refractivity contribution in [3.05, 3.63) is 117 Å². The zero-order valence-electron chi connectivity index (χ0n) is 26.8. The molecule has 0 fully saturated rings. The zero-order chi connectivity index (χ0) is 36.2. The van der Waals surface area contributed by atoms with Gasteiger partial charge in [-0.2, -0.15) is 5.10 Å². The van der Waals surface area contributed by atoms with Gasteiger partial charge in [-0.05, 0) is 65.7 Å². The van der Waals surface area contributed by atoms with Gasteiger partial charge in [0, 0.05) is 42.8 Å². The molecular formula is C34H27ClF2N8O5S. The number of phenols is 1. The Kier molecular flexibility index (Phi) is 8.43. The molecule has 4 aromatic heterocycles. The van der Waals surface area contributed by atoms with E-state index in [-0.39, 0.29) is 68.4 Å². The average Bonchev–Trinajstić information content (AvgIpc) is 3.59. The van der Waals surface area contributed by atoms with E-state index in [9.17, 15) is 31.9 Å². The Bertz CT molecular complexity index is 2690. The number of sulfonamides is 1. The number of carbonyl (C=O) groups is 1. The largest absolute Gasteiger partial charge is 0.508 e. The second kappa shape index (κ2) is 12.8. The Morgan fingerprint density at radius 2 is 1.84 bits per heavy atom. The van der Waals surface area contributed by atoms with Crippen LogP contribution in [0.1, 0.15) is 23.0 Å². The minimum absolute atomic E-state index is 0.00554. The Labute approximate surface area is 292 Å². The van der Waals surface area contributed by atoms with E-state index in [1.54, 1.807) is 18.3 Å². The van der Waals surface area contributed by atoms with Crippen molar-refractivity contribution >= 4 is 66.2 Å². The van der Waals surface area contributed by atoms with Gasteiger partial charge in [-0.25, -0.2) is 27.2 Å². The SMILES string of the molecule is Cn1nc(NS(C)(=O)=O)c2c(Cl)ccc(-n3c(C(Cc4cc(F)cc(F)c4)NC(=O)Cc4c[nH]c5ccc(O)cc45)nc4ncccc4c3=O)c21. The second-order valence-electron chi connectivity index (χ2n) is 11.9. The molecule has 4 heterocycles. The summed E-state index contributed by atoms with van der Waals surface area (Å²) in [4.78, 5) is 40.3. The number of phenolic OH excluding ortho intramolecular Hbond substituents is 1. The van der Waals surface area contributed by atoms with Crippen molar-refractivity contribution in [2.45, 2.75) is 18.9 Å². The third-order valence-electron chi connectivity index (χ3n) is 8.22. The van der Waals surface area contributed by atoms with Crippen LogP contribution in [-0.2, 0) is 34.7 Å². The van der Waals surface area contributed by atoms with Crippen LogP contribution in [0, 0.1) is 11.6 Å². The van der Waals surface area contributed by atoms with Crippen LogP contribution in [0.3, 0.4) is 0 Å². The minimum atomic E-state index is -3.80. The normalized spacial score (nSPS) is 12.5. The number of aromatic amines is 1. The van der Waals surface area contributed by atoms with E-state index in [2.05, 4.69) is 25.1 Å². The van der Waals surface area contributed by atoms with Crippen molar-refractivity contribution in [1.82, 2.24) is 34.6 Å². The molecule has 13 nitrogen and oxygen atoms in total. The maximum atomic E-state index is 14.5. The lowest BCUT2D eigenvalue weighted by Gasteiger charge is -2.23. The van der Waals surface area contributed by atoms with Crippen LogP contribution >= 0.6 is 11.6 Å². The summed E-state index contributed by atoms with van der Waals surface area (Å²) in [5, 5.41) is 18.3. The van der Waals surface area contributed by atoms with Crippen molar-refractivity contribution in [3.63, 3.8) is 0 Å². The highest BCUT2D eigenvalue weighted by molar-refractivity contribution is 7.92. The number of fused-ring (bicyclic) bond motifs is 3. The topological polar surface area (TPSA) is 177 Å². The van der Waals surface area contributed by atoms with Gasteiger partial charge in [-0.15, -0.1) is 0 Å². The van der Waals surface area contributed by atoms with Gasteiger partial charge in [0.2, 0.25) is 15.9 Å². The van der Waals surface area contributed by atoms with Crippen LogP contribution in [0.5, 0.6) is 5.75 Å². The number of hydrogen-bond acceptors (Lipinski definition) is 8. The maximum Gasteiger partial charge on any atom is 0.267 e. The number of nitrogens with one attached hydrogen (secondary N) is 3. The van der Waals surface area contributed by atoms with Crippen LogP contribution in [0.4, 0.5) is 14.6 Å². The number of benzene rings is 3. The van der Waals surface area contributed by atoms with Gasteiger partial charge in [0.25, 0.3) is 5.56 Å². The van der Waals surface area contributed by atoms with Crippen molar-refractivity contribution < 1.29 is 27.1 Å². The maximum absolute atomic E-state index is 14.5. The fraction of sp³-hybridized carbons (Fsp3) is 0.147. The van der Waals surface area contributed by atoms with Gasteiger partial charge in [0.15, 0.2) is 11.5 Å². The lowest BCUT2D eigenvalue weighted by atomic mass is 10.0. The molecule has 0 aliphatic carbocycles. The first-order valence-electron chi connectivity index (χ1n) is 15.3. The monoisotopic (exact) mass is 732 g/mol. The molecule has 1 unspecified atom stereocenters. The lowest BCUT2D eigenvalue weighted by molar-refractivity contribution is -0.121. The highest BCUT2D eigenvalue weighted by atomic mass is 35.5. The smallest absolute Gasteiger partial charge is 0.267 e. The standard InChI is InChI=1S/C34H27ClF2N8O5S/c1-44-30-27(8-6-24(35)29(30)32(42-44)43-51(2,49)50)45-33(41-31-22(34(45)48)4-3-9-38-31)26(12-17-10-19(36)14-20(37)11-17)40-28(47)13-18-16-39-25-7-5-21(46)15-23(18)25/h3-11,14-16,26,39,46H,12-13H2,1-2H3,(H,40,47)(H,42,43). The molecule has 4 N–H and O–H groups in total. The Hall–Kier alpha value is -5.87. The number of rotatable bonds is 9. The number of carbonyl (C=O) groups excluding carboxylic acids is 1. The minimum Gasteiger partial charge on any atom is -0.508 e. The third kappa shape index (κ3) is 6.58. The number of halogens is 3. The van der Waals surface area contributed by atoms with Gasteiger partial charge < -0.3 is 15.4 Å². The predicted octanol–water partition coefficient (Wildman–Crippen LogP) is 4.80. The summed E-state index contributed by atoms with van der Waals surface area (Å²) in [6, 6.07) is 12.5. The molecule has 7 rings (SSSR count). The first-order valence-corrected chi connectivity index (χ1v) is 17.6. The quantitative estimate of drug-likeness (QED) is 0.164. The van der Waals surface area contributed by atoms with E-state index >= 15 is 0 Å². The van der Waals surface area contributed by atoms with Crippen LogP contribution < -0.4 is 15.6 Å². The van der Waals surface area contributed by atoms with Crippen LogP contribution in [0.15, 0.2) is 77.9 Å². The van der Waals surface area contributed by atoms with E-state index in [0.29, 0.717) is 22.5 Å². The Balaban J connectivity index is 1.44. The second-order valence-corrected chi connectivity index (χ2v) is 14.1. The number of nitrogens with zero attached hydrogens (tertiary/aromatic N) is 5. The summed E-state index contributed by atoms with van der Waals surface area (Å²) in [5.74, 6) is -2.37. The summed E-state index contributed by atoms with van der Waals surface area (Å²) in [5.41, 5.74) is 1.23. The molecule has 0 spiro atoms. The molecule has 0 aliphatic heterocycles. The van der Waals surface area contributed by atoms with Crippen LogP contribution in [-0.4, -0.2) is 55.0 Å². The van der Waals surface area contributed by atoms with Crippen molar-refractivity contribution in [1.29, 1.82) is 0 Å². The zero-order valence-corrected chi connectivity index (χ0v) is 28.4. The molecule has 260 valence electrons. The Morgan fingerprint density at radius 1 is 1.08 bits per heavy atom. The molecule has 7 aromatic rings. The first-order chi connectivity index (χ1) is 24.3. The van der Waals surface area contributed by atoms with Gasteiger partial charge >= 0.3 is 0 Å². The molecule has 0 aliphatic rings. The molecule has 0 saturated heterocycles. The van der Waals surface area contributed by atoms with Crippen molar-refractivity contribution in [2.24, 2.45) is 7.05 Å². The summed E-state index contributed by atoms with van der Waals surface area (Å²) < 4.78 is 58.3. The number of H-pyrrole nitrogens is 1. The highest BCUT2D eigenvalue weighted by Crippen LogP contribution is 2.35. The number of anilines is 1. The van der Waals surface area contributed by atoms with Crippen LogP contribution in [0.2, 0.25) is 5.02 Å². The lowest BCUT2D eigenvalue weighted by Crippen LogP contribution is -2.36. The molecule has 51 heavy (non-hydrogen) atoms. The van der Waals surface area contributed by atoms with Crippen molar-refractivity contribution in [2.75, 3.05) is 11.0 Å². The molecule has 0 bridgehead atoms. The summed E-state index contributed by atoms with van der Waals surface area (Å²) in [6.07, 6.45) is 3.62. The van der Waals surface area contributed by atoms with Crippen molar-refractivity contribution in [3.8, 4) is 11.4 Å². The van der Waals surface area contributed by atoms with E-state index in [1.807, 2.05) is 0 Å². The summed E-state index contributed by atoms with van der Waals surface area (Å²) >= 11 is 6.58. The molecule has 17 heteroatoms. The number of hydrogen-bond donors (Lipinski definition) is 4. The van der Waals surface area contributed by atoms with Gasteiger partial charge in [-0.3, -0.25) is 23.6 Å². The van der Waals surface area contributed by atoms with Gasteiger partial charge in [0.05, 0.1) is 45.7 Å². The van der Waals surface area contributed by atoms with E-state index < -0.39 is 39.2 Å². The molecule has 0 radical (unpaired) electrons. The predicted molar refractivity (Wildman–Crippen MR) is 187 cm³/mol. The average molecular weight is 733 g/mol. The molecular weight excluding hydrogens is 706 g/mol. The van der Waals surface area contributed by atoms with E-state index in [4.69, 9.17) is 16.6 Å². The first kappa shape index (κ1) is 33.6. The van der Waals surface area contributed by atoms with E-state index in [0.717, 1.165) is 18.4 Å².